The highest BCUT2D eigenvalue weighted by Crippen LogP contribution is 2.28. The summed E-state index contributed by atoms with van der Waals surface area (Å²) in [6.07, 6.45) is 4.18. The number of benzene rings is 1. The molecule has 0 atom stereocenters. The highest BCUT2D eigenvalue weighted by Gasteiger charge is 2.03. The molecule has 0 saturated heterocycles. The summed E-state index contributed by atoms with van der Waals surface area (Å²) in [5.41, 5.74) is 2.51. The lowest BCUT2D eigenvalue weighted by Gasteiger charge is -2.07. The Bertz CT molecular complexity index is 329. The van der Waals surface area contributed by atoms with Crippen molar-refractivity contribution in [2.75, 3.05) is 6.26 Å². The second-order valence-electron chi connectivity index (χ2n) is 2.82. The van der Waals surface area contributed by atoms with Crippen molar-refractivity contribution in [1.29, 1.82) is 0 Å². The smallest absolute Gasteiger partial charge is 0.0412 e. The molecule has 0 aliphatic rings. The third kappa shape index (κ3) is 2.52. The second kappa shape index (κ2) is 4.73. The first kappa shape index (κ1) is 10.7. The quantitative estimate of drug-likeness (QED) is 0.652. The van der Waals surface area contributed by atoms with Gasteiger partial charge in [0.1, 0.15) is 0 Å². The summed E-state index contributed by atoms with van der Waals surface area (Å²) in [6.45, 7) is 4.14. The zero-order chi connectivity index (χ0) is 9.84. The minimum atomic E-state index is 0.800. The molecule has 0 aromatic heterocycles. The van der Waals surface area contributed by atoms with Gasteiger partial charge in [0.25, 0.3) is 0 Å². The van der Waals surface area contributed by atoms with Gasteiger partial charge < -0.3 is 0 Å². The Balaban J connectivity index is 3.23. The van der Waals surface area contributed by atoms with Crippen LogP contribution in [0.3, 0.4) is 0 Å². The molecule has 0 fully saturated rings. The molecule has 0 N–H and O–H groups in total. The number of hydrogen-bond donors (Lipinski definition) is 0. The fraction of sp³-hybridized carbons (Fsp3) is 0.273. The molecule has 70 valence electrons. The van der Waals surface area contributed by atoms with Crippen LogP contribution in [0.5, 0.6) is 0 Å². The van der Waals surface area contributed by atoms with E-state index in [-0.39, 0.29) is 0 Å². The fourth-order valence-electron chi connectivity index (χ4n) is 1.14. The summed E-state index contributed by atoms with van der Waals surface area (Å²) in [5.74, 6) is 0. The minimum absolute atomic E-state index is 0.800. The van der Waals surface area contributed by atoms with Crippen LogP contribution in [0.4, 0.5) is 0 Å². The Hall–Kier alpha value is -0.400. The van der Waals surface area contributed by atoms with E-state index in [4.69, 9.17) is 11.6 Å². The molecule has 0 amide bonds. The third-order valence-corrected chi connectivity index (χ3v) is 3.05. The van der Waals surface area contributed by atoms with Gasteiger partial charge in [-0.15, -0.1) is 11.8 Å². The molecule has 1 aromatic carbocycles. The van der Waals surface area contributed by atoms with Crippen molar-refractivity contribution in [3.63, 3.8) is 0 Å². The van der Waals surface area contributed by atoms with Gasteiger partial charge >= 0.3 is 0 Å². The lowest BCUT2D eigenvalue weighted by atomic mass is 10.1. The molecule has 0 nitrogen and oxygen atoms in total. The number of rotatable bonds is 2. The van der Waals surface area contributed by atoms with E-state index in [0.29, 0.717) is 0 Å². The average Bonchev–Trinajstić information content (AvgIpc) is 2.16. The molecule has 0 radical (unpaired) electrons. The van der Waals surface area contributed by atoms with E-state index in [9.17, 15) is 0 Å². The van der Waals surface area contributed by atoms with Gasteiger partial charge in [0, 0.05) is 9.92 Å². The van der Waals surface area contributed by atoms with Crippen LogP contribution in [0.2, 0.25) is 5.02 Å². The molecular weight excluding hydrogens is 200 g/mol. The van der Waals surface area contributed by atoms with Crippen LogP contribution in [0, 0.1) is 0 Å². The summed E-state index contributed by atoms with van der Waals surface area (Å²) in [5, 5.41) is 0.800. The van der Waals surface area contributed by atoms with Crippen molar-refractivity contribution in [2.24, 2.45) is 0 Å². The largest absolute Gasteiger partial charge is 0.129 e. The summed E-state index contributed by atoms with van der Waals surface area (Å²) in [4.78, 5) is 1.28. The van der Waals surface area contributed by atoms with Crippen LogP contribution in [-0.4, -0.2) is 6.26 Å². The average molecular weight is 213 g/mol. The van der Waals surface area contributed by atoms with E-state index in [2.05, 4.69) is 25.3 Å². The summed E-state index contributed by atoms with van der Waals surface area (Å²) >= 11 is 7.69. The SMILES string of the molecule is C/C=C(\C)c1cc(Cl)ccc1SC. The fourth-order valence-corrected chi connectivity index (χ4v) is 1.96. The van der Waals surface area contributed by atoms with E-state index in [1.165, 1.54) is 16.0 Å². The number of halogens is 1. The van der Waals surface area contributed by atoms with Gasteiger partial charge in [-0.1, -0.05) is 17.7 Å². The molecule has 0 spiro atoms. The summed E-state index contributed by atoms with van der Waals surface area (Å²) in [7, 11) is 0. The van der Waals surface area contributed by atoms with Crippen LogP contribution in [0.15, 0.2) is 29.2 Å². The zero-order valence-electron chi connectivity index (χ0n) is 8.10. The first-order valence-electron chi connectivity index (χ1n) is 4.16. The Morgan fingerprint density at radius 2 is 2.15 bits per heavy atom. The van der Waals surface area contributed by atoms with E-state index >= 15 is 0 Å². The van der Waals surface area contributed by atoms with Crippen molar-refractivity contribution in [1.82, 2.24) is 0 Å². The maximum Gasteiger partial charge on any atom is 0.0412 e. The van der Waals surface area contributed by atoms with E-state index in [1.807, 2.05) is 19.1 Å². The lowest BCUT2D eigenvalue weighted by molar-refractivity contribution is 1.38. The van der Waals surface area contributed by atoms with Gasteiger partial charge in [0.05, 0.1) is 0 Å². The number of thioether (sulfide) groups is 1. The highest BCUT2D eigenvalue weighted by molar-refractivity contribution is 7.98. The van der Waals surface area contributed by atoms with Gasteiger partial charge in [0.2, 0.25) is 0 Å². The molecule has 0 unspecified atom stereocenters. The first-order valence-corrected chi connectivity index (χ1v) is 5.76. The molecule has 13 heavy (non-hydrogen) atoms. The van der Waals surface area contributed by atoms with Gasteiger partial charge in [-0.05, 0) is 49.4 Å². The van der Waals surface area contributed by atoms with E-state index < -0.39 is 0 Å². The van der Waals surface area contributed by atoms with E-state index in [0.717, 1.165) is 5.02 Å². The molecule has 0 aliphatic heterocycles. The minimum Gasteiger partial charge on any atom is -0.129 e. The zero-order valence-corrected chi connectivity index (χ0v) is 9.67. The molecule has 0 aliphatic carbocycles. The summed E-state index contributed by atoms with van der Waals surface area (Å²) in [6, 6.07) is 6.01. The Morgan fingerprint density at radius 3 is 2.69 bits per heavy atom. The van der Waals surface area contributed by atoms with Crippen molar-refractivity contribution in [2.45, 2.75) is 18.7 Å². The van der Waals surface area contributed by atoms with Crippen LogP contribution in [-0.2, 0) is 0 Å². The maximum atomic E-state index is 5.94. The van der Waals surface area contributed by atoms with Crippen LogP contribution in [0.25, 0.3) is 5.57 Å². The third-order valence-electron chi connectivity index (χ3n) is 2.02. The number of hydrogen-bond acceptors (Lipinski definition) is 1. The van der Waals surface area contributed by atoms with Gasteiger partial charge in [-0.2, -0.15) is 0 Å². The standard InChI is InChI=1S/C11H13ClS/c1-4-8(2)10-7-9(12)5-6-11(10)13-3/h4-7H,1-3H3/b8-4+. The molecule has 0 bridgehead atoms. The van der Waals surface area contributed by atoms with Crippen molar-refractivity contribution in [3.8, 4) is 0 Å². The molecule has 0 heterocycles. The maximum absolute atomic E-state index is 5.94. The molecular formula is C11H13ClS. The predicted molar refractivity (Wildman–Crippen MR) is 62.6 cm³/mol. The molecule has 0 saturated carbocycles. The van der Waals surface area contributed by atoms with Gasteiger partial charge in [-0.3, -0.25) is 0 Å². The van der Waals surface area contributed by atoms with Crippen molar-refractivity contribution in [3.05, 3.63) is 34.9 Å². The van der Waals surface area contributed by atoms with Crippen LogP contribution in [0.1, 0.15) is 19.4 Å². The first-order chi connectivity index (χ1) is 6.19. The van der Waals surface area contributed by atoms with Gasteiger partial charge in [-0.25, -0.2) is 0 Å². The van der Waals surface area contributed by atoms with Gasteiger partial charge in [0.15, 0.2) is 0 Å². The highest BCUT2D eigenvalue weighted by atomic mass is 35.5. The van der Waals surface area contributed by atoms with E-state index in [1.54, 1.807) is 11.8 Å². The van der Waals surface area contributed by atoms with Crippen molar-refractivity contribution >= 4 is 28.9 Å². The predicted octanol–water partition coefficient (Wildman–Crippen LogP) is 4.49. The molecule has 1 aromatic rings. The number of allylic oxidation sites excluding steroid dienone is 2. The summed E-state index contributed by atoms with van der Waals surface area (Å²) < 4.78 is 0. The normalized spacial score (nSPS) is 11.8. The Labute approximate surface area is 89.0 Å². The Kier molecular flexibility index (Phi) is 3.89. The lowest BCUT2D eigenvalue weighted by Crippen LogP contribution is -1.83. The Morgan fingerprint density at radius 1 is 1.46 bits per heavy atom. The monoisotopic (exact) mass is 212 g/mol. The topological polar surface area (TPSA) is 0 Å². The molecule has 1 rings (SSSR count). The molecule has 2 heteroatoms. The van der Waals surface area contributed by atoms with Crippen molar-refractivity contribution < 1.29 is 0 Å². The second-order valence-corrected chi connectivity index (χ2v) is 4.10. The van der Waals surface area contributed by atoms with Crippen LogP contribution >= 0.6 is 23.4 Å². The van der Waals surface area contributed by atoms with Crippen LogP contribution < -0.4 is 0 Å².